The Morgan fingerprint density at radius 1 is 1.00 bits per heavy atom. The Bertz CT molecular complexity index is 668. The molecule has 2 aromatic rings. The van der Waals surface area contributed by atoms with Gasteiger partial charge in [-0.15, -0.1) is 0 Å². The molecule has 0 bridgehead atoms. The minimum absolute atomic E-state index is 0.0536. The van der Waals surface area contributed by atoms with E-state index in [-0.39, 0.29) is 11.1 Å². The van der Waals surface area contributed by atoms with Crippen LogP contribution < -0.4 is 0 Å². The number of rotatable bonds is 2. The zero-order valence-electron chi connectivity index (χ0n) is 9.81. The van der Waals surface area contributed by atoms with Gasteiger partial charge in [-0.25, -0.2) is 13.2 Å². The molecular formula is C14H8BrF3O. The van der Waals surface area contributed by atoms with Crippen LogP contribution >= 0.6 is 15.9 Å². The van der Waals surface area contributed by atoms with Gasteiger partial charge in [0.1, 0.15) is 5.82 Å². The number of aryl methyl sites for hydroxylation is 1. The average molecular weight is 329 g/mol. The van der Waals surface area contributed by atoms with E-state index in [9.17, 15) is 18.0 Å². The maximum Gasteiger partial charge on any atom is 0.197 e. The highest BCUT2D eigenvalue weighted by Crippen LogP contribution is 2.24. The fourth-order valence-corrected chi connectivity index (χ4v) is 2.06. The second kappa shape index (κ2) is 5.17. The van der Waals surface area contributed by atoms with Crippen LogP contribution in [0.15, 0.2) is 34.8 Å². The highest BCUT2D eigenvalue weighted by Gasteiger charge is 2.20. The molecule has 2 aromatic carbocycles. The molecule has 0 aromatic heterocycles. The maximum atomic E-state index is 13.7. The Kier molecular flexibility index (Phi) is 3.75. The molecule has 0 N–H and O–H groups in total. The number of hydrogen-bond acceptors (Lipinski definition) is 1. The molecule has 0 amide bonds. The quantitative estimate of drug-likeness (QED) is 0.746. The summed E-state index contributed by atoms with van der Waals surface area (Å²) in [5.74, 6) is -3.69. The Morgan fingerprint density at radius 3 is 2.37 bits per heavy atom. The van der Waals surface area contributed by atoms with Crippen LogP contribution in [0.3, 0.4) is 0 Å². The number of carbonyl (C=O) groups excluding carboxylic acids is 1. The van der Waals surface area contributed by atoms with Crippen molar-refractivity contribution in [3.8, 4) is 0 Å². The van der Waals surface area contributed by atoms with Crippen LogP contribution in [0.5, 0.6) is 0 Å². The van der Waals surface area contributed by atoms with Crippen molar-refractivity contribution in [2.45, 2.75) is 6.92 Å². The molecule has 2 rings (SSSR count). The summed E-state index contributed by atoms with van der Waals surface area (Å²) in [6, 6.07) is 5.97. The first-order chi connectivity index (χ1) is 8.91. The molecule has 1 nitrogen and oxygen atoms in total. The van der Waals surface area contributed by atoms with Crippen molar-refractivity contribution >= 4 is 21.7 Å². The molecule has 5 heteroatoms. The first-order valence-corrected chi connectivity index (χ1v) is 6.15. The van der Waals surface area contributed by atoms with Crippen molar-refractivity contribution in [3.05, 3.63) is 68.9 Å². The molecule has 0 fully saturated rings. The molecule has 19 heavy (non-hydrogen) atoms. The first-order valence-electron chi connectivity index (χ1n) is 5.36. The van der Waals surface area contributed by atoms with Crippen LogP contribution in [0.4, 0.5) is 13.2 Å². The summed E-state index contributed by atoms with van der Waals surface area (Å²) in [6.07, 6.45) is 0. The van der Waals surface area contributed by atoms with Crippen LogP contribution in [-0.2, 0) is 0 Å². The normalized spacial score (nSPS) is 10.6. The van der Waals surface area contributed by atoms with Gasteiger partial charge in [0.25, 0.3) is 0 Å². The van der Waals surface area contributed by atoms with E-state index >= 15 is 0 Å². The second-order valence-corrected chi connectivity index (χ2v) is 4.87. The number of halogens is 4. The molecule has 0 unspecified atom stereocenters. The first kappa shape index (κ1) is 13.8. The van der Waals surface area contributed by atoms with Gasteiger partial charge < -0.3 is 0 Å². The predicted octanol–water partition coefficient (Wildman–Crippen LogP) is 4.41. The summed E-state index contributed by atoms with van der Waals surface area (Å²) in [6.45, 7) is 1.39. The van der Waals surface area contributed by atoms with Crippen molar-refractivity contribution in [3.63, 3.8) is 0 Å². The number of carbonyl (C=O) groups is 1. The SMILES string of the molecule is Cc1ccc(C(=O)c2cc(F)ccc2Br)c(F)c1F. The van der Waals surface area contributed by atoms with Crippen LogP contribution in [0.1, 0.15) is 21.5 Å². The standard InChI is InChI=1S/C14H8BrF3O/c1-7-2-4-9(13(18)12(7)17)14(19)10-6-8(16)3-5-11(10)15/h2-6H,1H3. The summed E-state index contributed by atoms with van der Waals surface area (Å²) in [4.78, 5) is 12.1. The van der Waals surface area contributed by atoms with Crippen LogP contribution in [0.25, 0.3) is 0 Å². The van der Waals surface area contributed by atoms with Gasteiger partial charge in [0.2, 0.25) is 0 Å². The van der Waals surface area contributed by atoms with Crippen molar-refractivity contribution in [2.24, 2.45) is 0 Å². The van der Waals surface area contributed by atoms with Gasteiger partial charge in [-0.05, 0) is 36.8 Å². The van der Waals surface area contributed by atoms with Crippen molar-refractivity contribution in [2.75, 3.05) is 0 Å². The van der Waals surface area contributed by atoms with E-state index in [1.165, 1.54) is 25.1 Å². The van der Waals surface area contributed by atoms with E-state index in [1.807, 2.05) is 0 Å². The molecule has 0 saturated carbocycles. The van der Waals surface area contributed by atoms with Gasteiger partial charge in [0.15, 0.2) is 17.4 Å². The highest BCUT2D eigenvalue weighted by molar-refractivity contribution is 9.10. The summed E-state index contributed by atoms with van der Waals surface area (Å²) >= 11 is 3.08. The molecule has 0 saturated heterocycles. The Labute approximate surface area is 116 Å². The summed E-state index contributed by atoms with van der Waals surface area (Å²) in [5, 5.41) is 0. The van der Waals surface area contributed by atoms with Gasteiger partial charge in [-0.2, -0.15) is 0 Å². The van der Waals surface area contributed by atoms with E-state index in [1.54, 1.807) is 0 Å². The fraction of sp³-hybridized carbons (Fsp3) is 0.0714. The third kappa shape index (κ3) is 2.56. The molecule has 0 aliphatic carbocycles. The predicted molar refractivity (Wildman–Crippen MR) is 68.6 cm³/mol. The van der Waals surface area contributed by atoms with E-state index in [2.05, 4.69) is 15.9 Å². The lowest BCUT2D eigenvalue weighted by molar-refractivity contribution is 0.103. The molecular weight excluding hydrogens is 321 g/mol. The maximum absolute atomic E-state index is 13.7. The molecule has 0 aliphatic heterocycles. The fourth-order valence-electron chi connectivity index (χ4n) is 1.64. The van der Waals surface area contributed by atoms with Gasteiger partial charge in [0, 0.05) is 10.0 Å². The second-order valence-electron chi connectivity index (χ2n) is 4.01. The van der Waals surface area contributed by atoms with Crippen molar-refractivity contribution in [1.29, 1.82) is 0 Å². The number of ketones is 1. The lowest BCUT2D eigenvalue weighted by Crippen LogP contribution is -2.08. The topological polar surface area (TPSA) is 17.1 Å². The molecule has 0 radical (unpaired) electrons. The number of hydrogen-bond donors (Lipinski definition) is 0. The van der Waals surface area contributed by atoms with Gasteiger partial charge in [0.05, 0.1) is 5.56 Å². The minimum Gasteiger partial charge on any atom is -0.288 e. The van der Waals surface area contributed by atoms with Crippen LogP contribution in [0, 0.1) is 24.4 Å². The third-order valence-corrected chi connectivity index (χ3v) is 3.38. The Hall–Kier alpha value is -1.62. The van der Waals surface area contributed by atoms with E-state index in [0.717, 1.165) is 12.1 Å². The molecule has 0 aliphatic rings. The zero-order valence-corrected chi connectivity index (χ0v) is 11.4. The third-order valence-electron chi connectivity index (χ3n) is 2.69. The van der Waals surface area contributed by atoms with Crippen LogP contribution in [-0.4, -0.2) is 5.78 Å². The summed E-state index contributed by atoms with van der Waals surface area (Å²) in [5.41, 5.74) is -0.371. The van der Waals surface area contributed by atoms with Gasteiger partial charge >= 0.3 is 0 Å². The Balaban J connectivity index is 2.56. The smallest absolute Gasteiger partial charge is 0.197 e. The molecule has 0 atom stereocenters. The van der Waals surface area contributed by atoms with Gasteiger partial charge in [-0.3, -0.25) is 4.79 Å². The zero-order chi connectivity index (χ0) is 14.2. The monoisotopic (exact) mass is 328 g/mol. The highest BCUT2D eigenvalue weighted by atomic mass is 79.9. The minimum atomic E-state index is -1.22. The molecule has 0 spiro atoms. The lowest BCUT2D eigenvalue weighted by atomic mass is 10.0. The van der Waals surface area contributed by atoms with Crippen molar-refractivity contribution in [1.82, 2.24) is 0 Å². The Morgan fingerprint density at radius 2 is 1.68 bits per heavy atom. The lowest BCUT2D eigenvalue weighted by Gasteiger charge is -2.07. The van der Waals surface area contributed by atoms with E-state index in [0.29, 0.717) is 4.47 Å². The van der Waals surface area contributed by atoms with Crippen molar-refractivity contribution < 1.29 is 18.0 Å². The summed E-state index contributed by atoms with van der Waals surface area (Å²) in [7, 11) is 0. The van der Waals surface area contributed by atoms with Gasteiger partial charge in [-0.1, -0.05) is 22.0 Å². The number of benzene rings is 2. The summed E-state index contributed by atoms with van der Waals surface area (Å²) < 4.78 is 40.6. The van der Waals surface area contributed by atoms with E-state index < -0.39 is 28.8 Å². The molecule has 0 heterocycles. The van der Waals surface area contributed by atoms with Crippen LogP contribution in [0.2, 0.25) is 0 Å². The largest absolute Gasteiger partial charge is 0.288 e. The van der Waals surface area contributed by atoms with E-state index in [4.69, 9.17) is 0 Å². The molecule has 98 valence electrons. The average Bonchev–Trinajstić information content (AvgIpc) is 2.38.